The molecule has 7 aromatic rings. The zero-order chi connectivity index (χ0) is 41.1. The Morgan fingerprint density at radius 1 is 0.431 bits per heavy atom. The van der Waals surface area contributed by atoms with Gasteiger partial charge >= 0.3 is 0 Å². The fourth-order valence-corrected chi connectivity index (χ4v) is 10.3. The fourth-order valence-electron chi connectivity index (χ4n) is 8.96. The van der Waals surface area contributed by atoms with Crippen molar-refractivity contribution in [3.05, 3.63) is 150 Å². The summed E-state index contributed by atoms with van der Waals surface area (Å²) in [6.07, 6.45) is 0. The van der Waals surface area contributed by atoms with E-state index in [9.17, 15) is 0 Å². The van der Waals surface area contributed by atoms with E-state index in [0.717, 1.165) is 0 Å². The Morgan fingerprint density at radius 2 is 0.948 bits per heavy atom. The van der Waals surface area contributed by atoms with Gasteiger partial charge < -0.3 is 9.80 Å². The molecule has 3 heterocycles. The maximum Gasteiger partial charge on any atom is 0.264 e. The van der Waals surface area contributed by atoms with Crippen molar-refractivity contribution in [3.63, 3.8) is 0 Å². The second-order valence-electron chi connectivity index (χ2n) is 20.8. The molecule has 292 valence electrons. The third-order valence-electron chi connectivity index (χ3n) is 12.5. The third-order valence-corrected chi connectivity index (χ3v) is 13.7. The minimum absolute atomic E-state index is 0.00348. The molecule has 2 nitrogen and oxygen atoms in total. The number of rotatable bonds is 3. The summed E-state index contributed by atoms with van der Waals surface area (Å²) in [4.78, 5) is 5.20. The first-order chi connectivity index (χ1) is 27.3. The van der Waals surface area contributed by atoms with Crippen LogP contribution in [0.4, 0.5) is 34.1 Å². The van der Waals surface area contributed by atoms with Crippen LogP contribution in [0.1, 0.15) is 105 Å². The van der Waals surface area contributed by atoms with E-state index in [1.165, 1.54) is 93.3 Å². The number of fused-ring (bicyclic) bond motifs is 6. The summed E-state index contributed by atoms with van der Waals surface area (Å²) < 4.78 is 2.73. The molecular weight excluding hydrogens is 719 g/mol. The molecule has 6 aromatic carbocycles. The van der Waals surface area contributed by atoms with E-state index in [1.54, 1.807) is 0 Å². The van der Waals surface area contributed by atoms with Crippen molar-refractivity contribution in [2.75, 3.05) is 9.80 Å². The van der Waals surface area contributed by atoms with Crippen molar-refractivity contribution in [1.82, 2.24) is 0 Å². The third kappa shape index (κ3) is 6.40. The van der Waals surface area contributed by atoms with Gasteiger partial charge in [-0.25, -0.2) is 0 Å². The fraction of sp³-hybridized carbons (Fsp3) is 0.296. The number of anilines is 6. The number of thiophene rings is 1. The van der Waals surface area contributed by atoms with Crippen molar-refractivity contribution in [2.45, 2.75) is 105 Å². The topological polar surface area (TPSA) is 6.48 Å². The Labute approximate surface area is 351 Å². The Morgan fingerprint density at radius 3 is 1.50 bits per heavy atom. The second kappa shape index (κ2) is 13.2. The molecule has 0 amide bonds. The highest BCUT2D eigenvalue weighted by atomic mass is 32.1. The molecule has 1 aromatic heterocycles. The number of hydrogen-bond donors (Lipinski definition) is 0. The lowest BCUT2D eigenvalue weighted by atomic mass is 9.36. The molecule has 2 aliphatic rings. The molecule has 2 aliphatic heterocycles. The van der Waals surface area contributed by atoms with E-state index >= 15 is 0 Å². The van der Waals surface area contributed by atoms with Gasteiger partial charge in [-0.15, -0.1) is 11.3 Å². The first-order valence-electron chi connectivity index (χ1n) is 21.1. The summed E-state index contributed by atoms with van der Waals surface area (Å²) in [6.45, 7) is 28.0. The van der Waals surface area contributed by atoms with Crippen LogP contribution in [0.5, 0.6) is 0 Å². The minimum Gasteiger partial charge on any atom is -0.311 e. The first kappa shape index (κ1) is 38.5. The van der Waals surface area contributed by atoms with Crippen molar-refractivity contribution in [3.8, 4) is 11.1 Å². The summed E-state index contributed by atoms with van der Waals surface area (Å²) in [7, 11) is 0. The lowest BCUT2D eigenvalue weighted by Crippen LogP contribution is -2.60. The summed E-state index contributed by atoms with van der Waals surface area (Å²) in [5.41, 5.74) is 18.2. The first-order valence-corrected chi connectivity index (χ1v) is 21.9. The number of benzene rings is 6. The van der Waals surface area contributed by atoms with Crippen LogP contribution in [0.15, 0.2) is 127 Å². The Bertz CT molecular complexity index is 2690. The average molecular weight is 777 g/mol. The molecule has 0 atom stereocenters. The Kier molecular flexibility index (Phi) is 8.77. The zero-order valence-corrected chi connectivity index (χ0v) is 37.3. The normalized spacial score (nSPS) is 14.1. The zero-order valence-electron chi connectivity index (χ0n) is 36.5. The van der Waals surface area contributed by atoms with Crippen molar-refractivity contribution >= 4 is 78.0 Å². The van der Waals surface area contributed by atoms with Gasteiger partial charge in [0.1, 0.15) is 0 Å². The summed E-state index contributed by atoms with van der Waals surface area (Å²) in [6, 6.07) is 49.1. The van der Waals surface area contributed by atoms with Crippen molar-refractivity contribution < 1.29 is 0 Å². The van der Waals surface area contributed by atoms with E-state index in [2.05, 4.69) is 220 Å². The molecular formula is C54H57BN2S. The summed E-state index contributed by atoms with van der Waals surface area (Å²) >= 11 is 1.98. The van der Waals surface area contributed by atoms with E-state index in [0.29, 0.717) is 0 Å². The molecule has 4 heteroatoms. The van der Waals surface area contributed by atoms with Crippen LogP contribution in [-0.2, 0) is 21.7 Å². The van der Waals surface area contributed by atoms with Gasteiger partial charge in [0.05, 0.1) is 5.69 Å². The van der Waals surface area contributed by atoms with Gasteiger partial charge in [0.15, 0.2) is 0 Å². The van der Waals surface area contributed by atoms with Crippen LogP contribution in [-0.4, -0.2) is 6.71 Å². The summed E-state index contributed by atoms with van der Waals surface area (Å²) in [5, 5.41) is 1.31. The van der Waals surface area contributed by atoms with Gasteiger partial charge in [0.25, 0.3) is 6.71 Å². The predicted octanol–water partition coefficient (Wildman–Crippen LogP) is 13.8. The van der Waals surface area contributed by atoms with E-state index in [-0.39, 0.29) is 28.4 Å². The SMILES string of the molecule is CC(C)(C)c1ccc(N2c3ccc(C(C)(C)C)cc3B3c4sc5ccc(-c6ccccc6)cc5c4N(c4ccc(C(C)(C)C)cc4)c4cc(C(C)(C)C)cc2c43)cc1. The van der Waals surface area contributed by atoms with Crippen LogP contribution in [0, 0.1) is 0 Å². The maximum atomic E-state index is 2.62. The molecule has 0 aliphatic carbocycles. The average Bonchev–Trinajstić information content (AvgIpc) is 3.55. The molecule has 0 fully saturated rings. The molecule has 0 N–H and O–H groups in total. The smallest absolute Gasteiger partial charge is 0.264 e. The molecule has 0 saturated heterocycles. The van der Waals surface area contributed by atoms with Gasteiger partial charge in [0, 0.05) is 43.3 Å². The largest absolute Gasteiger partial charge is 0.311 e. The van der Waals surface area contributed by atoms with Gasteiger partial charge in [-0.2, -0.15) is 0 Å². The highest BCUT2D eigenvalue weighted by Crippen LogP contribution is 2.50. The predicted molar refractivity (Wildman–Crippen MR) is 256 cm³/mol. The standard InChI is InChI=1S/C54H57BN2S/c1-51(2,3)36-19-24-40(25-20-36)56-44-28-23-38(53(7,8)9)31-43(44)55-48-45(56)32-39(54(10,11)12)33-46(48)57(41-26-21-37(22-27-41)52(4,5)6)49-42-30-35(34-16-14-13-15-17-34)18-29-47(42)58-50(49)55/h13-33H,1-12H3. The minimum atomic E-state index is -0.0849. The van der Waals surface area contributed by atoms with Crippen molar-refractivity contribution in [2.24, 2.45) is 0 Å². The number of hydrogen-bond acceptors (Lipinski definition) is 3. The molecule has 0 unspecified atom stereocenters. The van der Waals surface area contributed by atoms with E-state index in [4.69, 9.17) is 0 Å². The van der Waals surface area contributed by atoms with Crippen molar-refractivity contribution in [1.29, 1.82) is 0 Å². The lowest BCUT2D eigenvalue weighted by Gasteiger charge is -2.44. The second-order valence-corrected chi connectivity index (χ2v) is 21.9. The molecule has 9 rings (SSSR count). The van der Waals surface area contributed by atoms with Crippen LogP contribution in [0.3, 0.4) is 0 Å². The summed E-state index contributed by atoms with van der Waals surface area (Å²) in [5.74, 6) is 0. The monoisotopic (exact) mass is 776 g/mol. The van der Waals surface area contributed by atoms with Gasteiger partial charge in [-0.3, -0.25) is 0 Å². The quantitative estimate of drug-likeness (QED) is 0.165. The van der Waals surface area contributed by atoms with Crippen LogP contribution < -0.4 is 25.5 Å². The van der Waals surface area contributed by atoms with Crippen LogP contribution in [0.25, 0.3) is 21.2 Å². The molecule has 0 saturated carbocycles. The highest BCUT2D eigenvalue weighted by molar-refractivity contribution is 7.33. The van der Waals surface area contributed by atoms with Gasteiger partial charge in [-0.05, 0) is 121 Å². The van der Waals surface area contributed by atoms with Crippen LogP contribution >= 0.6 is 11.3 Å². The Balaban J connectivity index is 1.41. The molecule has 0 bridgehead atoms. The molecule has 58 heavy (non-hydrogen) atoms. The molecule has 0 radical (unpaired) electrons. The van der Waals surface area contributed by atoms with Gasteiger partial charge in [0.2, 0.25) is 0 Å². The number of nitrogens with zero attached hydrogens (tertiary/aromatic N) is 2. The van der Waals surface area contributed by atoms with E-state index in [1.807, 2.05) is 11.3 Å². The Hall–Kier alpha value is -5.06. The molecule has 0 spiro atoms. The lowest BCUT2D eigenvalue weighted by molar-refractivity contribution is 0.589. The maximum absolute atomic E-state index is 2.62. The van der Waals surface area contributed by atoms with E-state index < -0.39 is 0 Å². The highest BCUT2D eigenvalue weighted by Gasteiger charge is 2.46. The van der Waals surface area contributed by atoms with Crippen LogP contribution in [0.2, 0.25) is 0 Å². The van der Waals surface area contributed by atoms with Gasteiger partial charge in [-0.1, -0.05) is 156 Å².